The van der Waals surface area contributed by atoms with Gasteiger partial charge in [0.05, 0.1) is 6.04 Å². The second kappa shape index (κ2) is 6.18. The van der Waals surface area contributed by atoms with Gasteiger partial charge in [0.1, 0.15) is 11.3 Å². The summed E-state index contributed by atoms with van der Waals surface area (Å²) in [6.07, 6.45) is 3.61. The molecule has 1 aromatic carbocycles. The van der Waals surface area contributed by atoms with Crippen LogP contribution in [0.15, 0.2) is 51.6 Å². The molecule has 0 amide bonds. The lowest BCUT2D eigenvalue weighted by Gasteiger charge is -2.15. The molecule has 0 aliphatic heterocycles. The number of pyridine rings is 1. The van der Waals surface area contributed by atoms with E-state index >= 15 is 0 Å². The van der Waals surface area contributed by atoms with Crippen LogP contribution in [0.2, 0.25) is 5.02 Å². The van der Waals surface area contributed by atoms with Crippen LogP contribution >= 0.6 is 27.5 Å². The molecule has 3 rings (SSSR count). The lowest BCUT2D eigenvalue weighted by atomic mass is 10.1. The molecular weight excluding hydrogens is 352 g/mol. The Morgan fingerprint density at radius 1 is 1.29 bits per heavy atom. The first-order chi connectivity index (χ1) is 10.2. The molecule has 1 N–H and O–H groups in total. The SMILES string of the molecule is CCNC(c1cncc(Br)c1)c1cc2cc(Cl)ccc2o1. The van der Waals surface area contributed by atoms with Crippen LogP contribution < -0.4 is 5.32 Å². The van der Waals surface area contributed by atoms with Crippen molar-refractivity contribution >= 4 is 38.5 Å². The minimum absolute atomic E-state index is 0.0359. The monoisotopic (exact) mass is 364 g/mol. The first-order valence-corrected chi connectivity index (χ1v) is 7.87. The zero-order valence-electron chi connectivity index (χ0n) is 11.4. The minimum atomic E-state index is -0.0359. The van der Waals surface area contributed by atoms with Crippen LogP contribution in [-0.4, -0.2) is 11.5 Å². The van der Waals surface area contributed by atoms with Crippen LogP contribution in [0, 0.1) is 0 Å². The molecule has 0 fully saturated rings. The topological polar surface area (TPSA) is 38.1 Å². The Balaban J connectivity index is 2.06. The van der Waals surface area contributed by atoms with Crippen molar-refractivity contribution in [2.45, 2.75) is 13.0 Å². The van der Waals surface area contributed by atoms with E-state index in [2.05, 4.69) is 33.2 Å². The van der Waals surface area contributed by atoms with Crippen molar-refractivity contribution in [1.82, 2.24) is 10.3 Å². The van der Waals surface area contributed by atoms with Crippen LogP contribution in [0.3, 0.4) is 0 Å². The van der Waals surface area contributed by atoms with Gasteiger partial charge in [-0.2, -0.15) is 0 Å². The minimum Gasteiger partial charge on any atom is -0.459 e. The third kappa shape index (κ3) is 3.12. The predicted molar refractivity (Wildman–Crippen MR) is 88.7 cm³/mol. The average molecular weight is 366 g/mol. The maximum atomic E-state index is 6.03. The number of rotatable bonds is 4. The number of halogens is 2. The van der Waals surface area contributed by atoms with Gasteiger partial charge in [-0.05, 0) is 58.4 Å². The Kier molecular flexibility index (Phi) is 4.29. The summed E-state index contributed by atoms with van der Waals surface area (Å²) in [5, 5.41) is 5.14. The number of nitrogens with zero attached hydrogens (tertiary/aromatic N) is 1. The van der Waals surface area contributed by atoms with Gasteiger partial charge in [-0.3, -0.25) is 4.98 Å². The van der Waals surface area contributed by atoms with Crippen molar-refractivity contribution in [3.05, 3.63) is 63.5 Å². The largest absolute Gasteiger partial charge is 0.459 e. The van der Waals surface area contributed by atoms with Gasteiger partial charge in [-0.15, -0.1) is 0 Å². The Bertz CT molecular complexity index is 772. The van der Waals surface area contributed by atoms with Crippen LogP contribution in [0.1, 0.15) is 24.3 Å². The predicted octanol–water partition coefficient (Wildman–Crippen LogP) is 4.94. The molecule has 108 valence electrons. The Hall–Kier alpha value is -1.36. The van der Waals surface area contributed by atoms with Gasteiger partial charge < -0.3 is 9.73 Å². The fourth-order valence-electron chi connectivity index (χ4n) is 2.35. The molecule has 0 radical (unpaired) electrons. The zero-order chi connectivity index (χ0) is 14.8. The Morgan fingerprint density at radius 3 is 2.90 bits per heavy atom. The third-order valence-corrected chi connectivity index (χ3v) is 3.92. The number of fused-ring (bicyclic) bond motifs is 1. The maximum Gasteiger partial charge on any atom is 0.134 e. The van der Waals surface area contributed by atoms with Crippen LogP contribution in [0.5, 0.6) is 0 Å². The van der Waals surface area contributed by atoms with E-state index in [0.717, 1.165) is 33.3 Å². The van der Waals surface area contributed by atoms with Crippen LogP contribution in [0.4, 0.5) is 0 Å². The quantitative estimate of drug-likeness (QED) is 0.711. The summed E-state index contributed by atoms with van der Waals surface area (Å²) < 4.78 is 6.91. The summed E-state index contributed by atoms with van der Waals surface area (Å²) in [5.41, 5.74) is 1.89. The summed E-state index contributed by atoms with van der Waals surface area (Å²) >= 11 is 9.49. The fourth-order valence-corrected chi connectivity index (χ4v) is 2.91. The van der Waals surface area contributed by atoms with E-state index < -0.39 is 0 Å². The summed E-state index contributed by atoms with van der Waals surface area (Å²) in [5.74, 6) is 0.856. The van der Waals surface area contributed by atoms with Crippen molar-refractivity contribution in [1.29, 1.82) is 0 Å². The highest BCUT2D eigenvalue weighted by Crippen LogP contribution is 2.30. The number of benzene rings is 1. The molecule has 1 unspecified atom stereocenters. The van der Waals surface area contributed by atoms with Gasteiger partial charge in [0.25, 0.3) is 0 Å². The smallest absolute Gasteiger partial charge is 0.134 e. The summed E-state index contributed by atoms with van der Waals surface area (Å²) in [7, 11) is 0. The number of aromatic nitrogens is 1. The van der Waals surface area contributed by atoms with Gasteiger partial charge >= 0.3 is 0 Å². The van der Waals surface area contributed by atoms with Gasteiger partial charge in [-0.1, -0.05) is 18.5 Å². The van der Waals surface area contributed by atoms with Crippen molar-refractivity contribution in [2.75, 3.05) is 6.54 Å². The van der Waals surface area contributed by atoms with Crippen molar-refractivity contribution in [3.63, 3.8) is 0 Å². The van der Waals surface area contributed by atoms with Gasteiger partial charge in [0.2, 0.25) is 0 Å². The summed E-state index contributed by atoms with van der Waals surface area (Å²) in [6.45, 7) is 2.90. The molecule has 0 aliphatic carbocycles. The lowest BCUT2D eigenvalue weighted by Crippen LogP contribution is -2.21. The van der Waals surface area contributed by atoms with Crippen molar-refractivity contribution < 1.29 is 4.42 Å². The van der Waals surface area contributed by atoms with E-state index in [1.54, 1.807) is 6.20 Å². The Labute approximate surface area is 136 Å². The molecular formula is C16H14BrClN2O. The molecule has 1 atom stereocenters. The number of nitrogens with one attached hydrogen (secondary N) is 1. The molecule has 0 saturated heterocycles. The molecule has 2 heterocycles. The fraction of sp³-hybridized carbons (Fsp3) is 0.188. The second-order valence-electron chi connectivity index (χ2n) is 4.76. The molecule has 5 heteroatoms. The van der Waals surface area contributed by atoms with E-state index in [9.17, 15) is 0 Å². The molecule has 0 aliphatic rings. The molecule has 21 heavy (non-hydrogen) atoms. The van der Waals surface area contributed by atoms with Gasteiger partial charge in [-0.25, -0.2) is 0 Å². The van der Waals surface area contributed by atoms with Gasteiger partial charge in [0, 0.05) is 27.3 Å². The van der Waals surface area contributed by atoms with E-state index in [1.165, 1.54) is 0 Å². The van der Waals surface area contributed by atoms with Crippen LogP contribution in [0.25, 0.3) is 11.0 Å². The second-order valence-corrected chi connectivity index (χ2v) is 6.11. The zero-order valence-corrected chi connectivity index (χ0v) is 13.8. The third-order valence-electron chi connectivity index (χ3n) is 3.25. The van der Waals surface area contributed by atoms with Crippen molar-refractivity contribution in [3.8, 4) is 0 Å². The molecule has 0 saturated carbocycles. The molecule has 2 aromatic heterocycles. The molecule has 0 bridgehead atoms. The standard InChI is InChI=1S/C16H14BrClN2O/c1-2-20-16(11-5-12(17)9-19-8-11)15-7-10-6-13(18)3-4-14(10)21-15/h3-9,16,20H,2H2,1H3. The van der Waals surface area contributed by atoms with E-state index in [-0.39, 0.29) is 6.04 Å². The highest BCUT2D eigenvalue weighted by molar-refractivity contribution is 9.10. The highest BCUT2D eigenvalue weighted by Gasteiger charge is 2.18. The highest BCUT2D eigenvalue weighted by atomic mass is 79.9. The number of furan rings is 1. The maximum absolute atomic E-state index is 6.03. The number of hydrogen-bond donors (Lipinski definition) is 1. The van der Waals surface area contributed by atoms with Gasteiger partial charge in [0.15, 0.2) is 0 Å². The molecule has 3 nitrogen and oxygen atoms in total. The van der Waals surface area contributed by atoms with Crippen molar-refractivity contribution in [2.24, 2.45) is 0 Å². The molecule has 0 spiro atoms. The first kappa shape index (κ1) is 14.6. The van der Waals surface area contributed by atoms with E-state index in [1.807, 2.05) is 36.5 Å². The number of hydrogen-bond acceptors (Lipinski definition) is 3. The summed E-state index contributed by atoms with van der Waals surface area (Å²) in [6, 6.07) is 9.66. The van der Waals surface area contributed by atoms with E-state index in [0.29, 0.717) is 5.02 Å². The Morgan fingerprint density at radius 2 is 2.14 bits per heavy atom. The lowest BCUT2D eigenvalue weighted by molar-refractivity contribution is 0.476. The van der Waals surface area contributed by atoms with Crippen LogP contribution in [-0.2, 0) is 0 Å². The summed E-state index contributed by atoms with van der Waals surface area (Å²) in [4.78, 5) is 4.23. The molecule has 3 aromatic rings. The van der Waals surface area contributed by atoms with E-state index in [4.69, 9.17) is 16.0 Å². The first-order valence-electron chi connectivity index (χ1n) is 6.70. The normalized spacial score (nSPS) is 12.7. The average Bonchev–Trinajstić information content (AvgIpc) is 2.87.